The lowest BCUT2D eigenvalue weighted by molar-refractivity contribution is 0.0998. The van der Waals surface area contributed by atoms with Gasteiger partial charge in [0.15, 0.2) is 0 Å². The Balaban J connectivity index is 1.65. The summed E-state index contributed by atoms with van der Waals surface area (Å²) < 4.78 is 12.8. The number of amides is 2. The van der Waals surface area contributed by atoms with E-state index < -0.39 is 18.1 Å². The van der Waals surface area contributed by atoms with E-state index in [1.54, 1.807) is 43.6 Å². The molecule has 0 aliphatic carbocycles. The van der Waals surface area contributed by atoms with E-state index in [0.29, 0.717) is 27.0 Å². The lowest BCUT2D eigenvalue weighted by Crippen LogP contribution is -2.13. The molecule has 33 heavy (non-hydrogen) atoms. The molecule has 0 saturated carbocycles. The number of benzene rings is 1. The van der Waals surface area contributed by atoms with Crippen LogP contribution in [0.5, 0.6) is 5.75 Å². The maximum atomic E-state index is 12.1. The van der Waals surface area contributed by atoms with E-state index in [4.69, 9.17) is 26.8 Å². The fourth-order valence-corrected chi connectivity index (χ4v) is 4.58. The maximum Gasteiger partial charge on any atom is 0.411 e. The summed E-state index contributed by atoms with van der Waals surface area (Å²) >= 11 is 7.51. The molecule has 0 radical (unpaired) electrons. The maximum absolute atomic E-state index is 12.1. The van der Waals surface area contributed by atoms with Crippen molar-refractivity contribution in [1.82, 2.24) is 9.38 Å². The molecule has 3 heterocycles. The van der Waals surface area contributed by atoms with Gasteiger partial charge < -0.3 is 15.2 Å². The molecular formula is C23H21ClN4O4S. The van der Waals surface area contributed by atoms with E-state index >= 15 is 0 Å². The Morgan fingerprint density at radius 1 is 1.27 bits per heavy atom. The van der Waals surface area contributed by atoms with Crippen molar-refractivity contribution in [2.24, 2.45) is 5.73 Å². The van der Waals surface area contributed by atoms with Crippen molar-refractivity contribution in [3.8, 4) is 16.3 Å². The van der Waals surface area contributed by atoms with E-state index in [9.17, 15) is 9.59 Å². The second kappa shape index (κ2) is 9.51. The highest BCUT2D eigenvalue weighted by Gasteiger charge is 2.21. The molecule has 1 aromatic carbocycles. The summed E-state index contributed by atoms with van der Waals surface area (Å²) in [7, 11) is 0. The van der Waals surface area contributed by atoms with Crippen LogP contribution in [0.25, 0.3) is 16.2 Å². The summed E-state index contributed by atoms with van der Waals surface area (Å²) in [5.41, 5.74) is 8.34. The van der Waals surface area contributed by atoms with Gasteiger partial charge in [-0.05, 0) is 26.0 Å². The number of halogens is 1. The lowest BCUT2D eigenvalue weighted by Gasteiger charge is -2.16. The highest BCUT2D eigenvalue weighted by atomic mass is 35.5. The van der Waals surface area contributed by atoms with Crippen LogP contribution in [0.1, 0.15) is 35.2 Å². The van der Waals surface area contributed by atoms with E-state index in [0.717, 1.165) is 16.1 Å². The molecule has 3 aromatic heterocycles. The van der Waals surface area contributed by atoms with E-state index in [1.165, 1.54) is 11.3 Å². The number of carbonyl (C=O) groups is 2. The number of thiophene rings is 1. The van der Waals surface area contributed by atoms with Crippen molar-refractivity contribution in [3.63, 3.8) is 0 Å². The minimum atomic E-state index is -0.581. The van der Waals surface area contributed by atoms with Crippen LogP contribution in [0.2, 0.25) is 5.02 Å². The number of pyridine rings is 1. The van der Waals surface area contributed by atoms with Crippen molar-refractivity contribution in [2.45, 2.75) is 20.0 Å². The molecule has 8 nitrogen and oxygen atoms in total. The third-order valence-corrected chi connectivity index (χ3v) is 6.35. The van der Waals surface area contributed by atoms with Crippen molar-refractivity contribution >= 4 is 46.3 Å². The normalized spacial score (nSPS) is 11.8. The number of hydrogen-bond donors (Lipinski definition) is 2. The van der Waals surface area contributed by atoms with Crippen LogP contribution >= 0.6 is 22.9 Å². The quantitative estimate of drug-likeness (QED) is 0.359. The number of carbonyl (C=O) groups excluding carboxylic acids is 2. The van der Waals surface area contributed by atoms with Crippen LogP contribution in [-0.4, -0.2) is 28.0 Å². The van der Waals surface area contributed by atoms with E-state index in [-0.39, 0.29) is 6.61 Å². The minimum Gasteiger partial charge on any atom is -0.484 e. The van der Waals surface area contributed by atoms with Gasteiger partial charge >= 0.3 is 6.09 Å². The molecule has 10 heteroatoms. The molecule has 4 aromatic rings. The van der Waals surface area contributed by atoms with Gasteiger partial charge in [-0.15, -0.1) is 11.3 Å². The molecule has 3 N–H and O–H groups in total. The average Bonchev–Trinajstić information content (AvgIpc) is 3.38. The molecule has 2 amide bonds. The second-order valence-electron chi connectivity index (χ2n) is 7.08. The van der Waals surface area contributed by atoms with Gasteiger partial charge in [0.1, 0.15) is 22.4 Å². The van der Waals surface area contributed by atoms with Gasteiger partial charge in [0.25, 0.3) is 5.91 Å². The fourth-order valence-electron chi connectivity index (χ4n) is 3.34. The predicted molar refractivity (Wildman–Crippen MR) is 128 cm³/mol. The van der Waals surface area contributed by atoms with Crippen molar-refractivity contribution in [1.29, 1.82) is 0 Å². The predicted octanol–water partition coefficient (Wildman–Crippen LogP) is 5.52. The Hall–Kier alpha value is -3.56. The first-order valence-electron chi connectivity index (χ1n) is 10.1. The summed E-state index contributed by atoms with van der Waals surface area (Å²) in [5, 5.41) is 3.23. The molecule has 0 fully saturated rings. The number of primary amides is 1. The highest BCUT2D eigenvalue weighted by molar-refractivity contribution is 7.17. The van der Waals surface area contributed by atoms with Crippen LogP contribution < -0.4 is 15.8 Å². The summed E-state index contributed by atoms with van der Waals surface area (Å²) in [5.74, 6) is -0.201. The molecule has 0 aliphatic heterocycles. The van der Waals surface area contributed by atoms with Crippen molar-refractivity contribution in [3.05, 3.63) is 70.3 Å². The molecule has 4 rings (SSSR count). The third-order valence-electron chi connectivity index (χ3n) is 4.86. The van der Waals surface area contributed by atoms with Gasteiger partial charge in [-0.2, -0.15) is 0 Å². The Morgan fingerprint density at radius 3 is 2.79 bits per heavy atom. The number of ether oxygens (including phenoxy) is 2. The standard InChI is InChI=1S/C23H21ClN4O4S/c1-3-31-23(30)27-14-8-9-28-17(12-26-20(28)10-14)19-11-18(21(33-19)22(25)29)32-13(2)15-6-4-5-7-16(15)24/h4-13H,3H2,1-2H3,(H2,25,29)(H,27,30)/t13-/m0/s1. The number of imidazole rings is 1. The fraction of sp³-hybridized carbons (Fsp3) is 0.174. The molecule has 0 bridgehead atoms. The van der Waals surface area contributed by atoms with Gasteiger partial charge in [-0.1, -0.05) is 29.8 Å². The summed E-state index contributed by atoms with van der Waals surface area (Å²) in [6, 6.07) is 12.6. The SMILES string of the molecule is CCOC(=O)Nc1ccn2c(-c3cc(O[C@@H](C)c4ccccc4Cl)c(C(N)=O)s3)cnc2c1. The molecule has 0 aliphatic rings. The molecular weight excluding hydrogens is 464 g/mol. The van der Waals surface area contributed by atoms with Gasteiger partial charge in [-0.25, -0.2) is 9.78 Å². The van der Waals surface area contributed by atoms with E-state index in [2.05, 4.69) is 10.3 Å². The molecule has 0 spiro atoms. The van der Waals surface area contributed by atoms with Crippen molar-refractivity contribution < 1.29 is 19.1 Å². The lowest BCUT2D eigenvalue weighted by atomic mass is 10.1. The summed E-state index contributed by atoms with van der Waals surface area (Å²) in [4.78, 5) is 29.2. The number of aromatic nitrogens is 2. The third kappa shape index (κ3) is 4.79. The average molecular weight is 485 g/mol. The van der Waals surface area contributed by atoms with Crippen LogP contribution in [0, 0.1) is 0 Å². The number of rotatable bonds is 7. The highest BCUT2D eigenvalue weighted by Crippen LogP contribution is 2.39. The number of nitrogens with two attached hydrogens (primary N) is 1. The van der Waals surface area contributed by atoms with Crippen LogP contribution in [-0.2, 0) is 4.74 Å². The zero-order valence-corrected chi connectivity index (χ0v) is 19.4. The van der Waals surface area contributed by atoms with Gasteiger partial charge in [0.2, 0.25) is 0 Å². The Bertz CT molecular complexity index is 1330. The second-order valence-corrected chi connectivity index (χ2v) is 8.54. The minimum absolute atomic E-state index is 0.279. The van der Waals surface area contributed by atoms with Gasteiger partial charge in [-0.3, -0.25) is 14.5 Å². The first kappa shape index (κ1) is 22.6. The topological polar surface area (TPSA) is 108 Å². The monoisotopic (exact) mass is 484 g/mol. The largest absolute Gasteiger partial charge is 0.484 e. The molecule has 0 unspecified atom stereocenters. The van der Waals surface area contributed by atoms with Crippen molar-refractivity contribution in [2.75, 3.05) is 11.9 Å². The van der Waals surface area contributed by atoms with E-state index in [1.807, 2.05) is 29.5 Å². The number of hydrogen-bond acceptors (Lipinski definition) is 6. The number of nitrogens with zero attached hydrogens (tertiary/aromatic N) is 2. The Labute approximate surface area is 198 Å². The number of nitrogens with one attached hydrogen (secondary N) is 1. The van der Waals surface area contributed by atoms with Crippen LogP contribution in [0.4, 0.5) is 10.5 Å². The zero-order valence-electron chi connectivity index (χ0n) is 17.9. The Kier molecular flexibility index (Phi) is 6.52. The Morgan fingerprint density at radius 2 is 2.06 bits per heavy atom. The molecule has 1 atom stereocenters. The molecule has 0 saturated heterocycles. The van der Waals surface area contributed by atoms with Crippen LogP contribution in [0.3, 0.4) is 0 Å². The smallest absolute Gasteiger partial charge is 0.411 e. The molecule has 170 valence electrons. The first-order chi connectivity index (χ1) is 15.9. The summed E-state index contributed by atoms with van der Waals surface area (Å²) in [6.45, 7) is 3.87. The first-order valence-corrected chi connectivity index (χ1v) is 11.3. The number of fused-ring (bicyclic) bond motifs is 1. The van der Waals surface area contributed by atoms with Gasteiger partial charge in [0, 0.05) is 34.6 Å². The summed E-state index contributed by atoms with van der Waals surface area (Å²) in [6.07, 6.45) is 2.53. The number of anilines is 1. The van der Waals surface area contributed by atoms with Crippen LogP contribution in [0.15, 0.2) is 54.9 Å². The zero-order chi connectivity index (χ0) is 23.5. The van der Waals surface area contributed by atoms with Gasteiger partial charge in [0.05, 0.1) is 23.4 Å².